The third kappa shape index (κ3) is 5.91. The quantitative estimate of drug-likeness (QED) is 0.637. The van der Waals surface area contributed by atoms with E-state index in [4.69, 9.17) is 14.0 Å². The smallest absolute Gasteiger partial charge is 0.444 e. The van der Waals surface area contributed by atoms with Crippen LogP contribution in [0, 0.1) is 0 Å². The molecule has 1 aromatic carbocycles. The monoisotopic (exact) mass is 458 g/mol. The van der Waals surface area contributed by atoms with Crippen molar-refractivity contribution in [3.05, 3.63) is 50.3 Å². The third-order valence-electron chi connectivity index (χ3n) is 5.49. The first-order valence-corrected chi connectivity index (χ1v) is 11.4. The number of carbonyl (C=O) groups excluding carboxylic acids is 1. The van der Waals surface area contributed by atoms with Crippen LogP contribution in [0.2, 0.25) is 0 Å². The Kier molecular flexibility index (Phi) is 6.74. The fourth-order valence-electron chi connectivity index (χ4n) is 3.08. The molecular weight excluding hydrogens is 427 g/mol. The SMILES string of the molecule is CC(C)(C)OC(=O)NCC(=Cc1ccc(-c2csc(=O)[nH]2)cc1)B1OC(C)(C)C(C)(C)O1. The number of carbonyl (C=O) groups is 1. The van der Waals surface area contributed by atoms with Crippen LogP contribution in [-0.2, 0) is 14.0 Å². The summed E-state index contributed by atoms with van der Waals surface area (Å²) in [6.07, 6.45) is 1.44. The van der Waals surface area contributed by atoms with Crippen LogP contribution in [0.5, 0.6) is 0 Å². The van der Waals surface area contributed by atoms with E-state index in [0.717, 1.165) is 33.6 Å². The molecule has 3 rings (SSSR count). The predicted octanol–water partition coefficient (Wildman–Crippen LogP) is 4.64. The zero-order chi connectivity index (χ0) is 23.7. The van der Waals surface area contributed by atoms with E-state index in [-0.39, 0.29) is 11.4 Å². The summed E-state index contributed by atoms with van der Waals surface area (Å²) >= 11 is 1.14. The Morgan fingerprint density at radius 3 is 2.25 bits per heavy atom. The second-order valence-electron chi connectivity index (χ2n) is 9.85. The lowest BCUT2D eigenvalue weighted by molar-refractivity contribution is 0.00578. The first kappa shape index (κ1) is 24.3. The Morgan fingerprint density at radius 2 is 1.75 bits per heavy atom. The zero-order valence-corrected chi connectivity index (χ0v) is 20.5. The molecule has 0 bridgehead atoms. The average Bonchev–Trinajstić information content (AvgIpc) is 3.18. The van der Waals surface area contributed by atoms with Gasteiger partial charge in [-0.3, -0.25) is 4.79 Å². The fraction of sp³-hybridized carbons (Fsp3) is 0.478. The highest BCUT2D eigenvalue weighted by Gasteiger charge is 2.52. The van der Waals surface area contributed by atoms with Crippen LogP contribution in [0.3, 0.4) is 0 Å². The van der Waals surface area contributed by atoms with Gasteiger partial charge >= 0.3 is 18.1 Å². The van der Waals surface area contributed by atoms with Gasteiger partial charge in [0.15, 0.2) is 0 Å². The molecule has 2 N–H and O–H groups in total. The van der Waals surface area contributed by atoms with Crippen LogP contribution in [-0.4, -0.2) is 41.5 Å². The first-order valence-electron chi connectivity index (χ1n) is 10.6. The van der Waals surface area contributed by atoms with E-state index < -0.39 is 30.0 Å². The molecule has 0 atom stereocenters. The Balaban J connectivity index is 1.83. The summed E-state index contributed by atoms with van der Waals surface area (Å²) < 4.78 is 17.8. The fourth-order valence-corrected chi connectivity index (χ4v) is 3.67. The van der Waals surface area contributed by atoms with E-state index in [1.807, 2.05) is 78.8 Å². The summed E-state index contributed by atoms with van der Waals surface area (Å²) in [6.45, 7) is 13.6. The predicted molar refractivity (Wildman–Crippen MR) is 129 cm³/mol. The average molecular weight is 458 g/mol. The number of alkyl carbamates (subject to hydrolysis) is 1. The van der Waals surface area contributed by atoms with Crippen molar-refractivity contribution in [2.45, 2.75) is 65.3 Å². The van der Waals surface area contributed by atoms with Crippen molar-refractivity contribution >= 4 is 30.6 Å². The van der Waals surface area contributed by atoms with Crippen molar-refractivity contribution in [1.82, 2.24) is 10.3 Å². The van der Waals surface area contributed by atoms with Crippen LogP contribution in [0.25, 0.3) is 17.3 Å². The summed E-state index contributed by atoms with van der Waals surface area (Å²) in [5, 5.41) is 4.60. The minimum atomic E-state index is -0.608. The Labute approximate surface area is 193 Å². The highest BCUT2D eigenvalue weighted by Crippen LogP contribution is 2.38. The van der Waals surface area contributed by atoms with Gasteiger partial charge in [0.25, 0.3) is 0 Å². The van der Waals surface area contributed by atoms with Gasteiger partial charge in [0.1, 0.15) is 5.60 Å². The third-order valence-corrected chi connectivity index (χ3v) is 6.16. The molecule has 0 unspecified atom stereocenters. The number of hydrogen-bond acceptors (Lipinski definition) is 6. The molecule has 32 heavy (non-hydrogen) atoms. The van der Waals surface area contributed by atoms with Crippen LogP contribution in [0.4, 0.5) is 4.79 Å². The second kappa shape index (κ2) is 8.88. The molecule has 172 valence electrons. The number of rotatable bonds is 5. The van der Waals surface area contributed by atoms with E-state index in [1.54, 1.807) is 5.38 Å². The highest BCUT2D eigenvalue weighted by atomic mass is 32.1. The standard InChI is InChI=1S/C23H31BN2O5S/c1-21(2,3)29-19(27)25-13-17(24-30-22(4,5)23(6,7)31-24)12-15-8-10-16(11-9-15)18-14-32-20(28)26-18/h8-12,14H,13H2,1-7H3,(H,25,27)(H,26,28). The van der Waals surface area contributed by atoms with Gasteiger partial charge in [0.2, 0.25) is 0 Å². The number of aromatic nitrogens is 1. The van der Waals surface area contributed by atoms with Crippen molar-refractivity contribution < 1.29 is 18.8 Å². The Hall–Kier alpha value is -2.36. The maximum absolute atomic E-state index is 12.2. The maximum atomic E-state index is 12.2. The molecule has 2 heterocycles. The van der Waals surface area contributed by atoms with E-state index in [1.165, 1.54) is 0 Å². The minimum absolute atomic E-state index is 0.0831. The molecule has 1 fully saturated rings. The molecule has 0 radical (unpaired) electrons. The summed E-state index contributed by atoms with van der Waals surface area (Å²) in [7, 11) is -0.608. The summed E-state index contributed by atoms with van der Waals surface area (Å²) in [5.74, 6) is 0. The highest BCUT2D eigenvalue weighted by molar-refractivity contribution is 7.07. The zero-order valence-electron chi connectivity index (χ0n) is 19.7. The largest absolute Gasteiger partial charge is 0.492 e. The molecule has 7 nitrogen and oxygen atoms in total. The number of ether oxygens (including phenoxy) is 1. The van der Waals surface area contributed by atoms with Crippen LogP contribution in [0.1, 0.15) is 54.0 Å². The molecule has 1 aliphatic rings. The molecule has 0 saturated carbocycles. The van der Waals surface area contributed by atoms with E-state index in [2.05, 4.69) is 10.3 Å². The van der Waals surface area contributed by atoms with E-state index in [0.29, 0.717) is 0 Å². The molecule has 1 saturated heterocycles. The first-order chi connectivity index (χ1) is 14.8. The number of thiazole rings is 1. The molecule has 2 aromatic rings. The number of benzene rings is 1. The lowest BCUT2D eigenvalue weighted by Gasteiger charge is -2.32. The van der Waals surface area contributed by atoms with Gasteiger partial charge in [-0.05, 0) is 65.1 Å². The van der Waals surface area contributed by atoms with Crippen molar-refractivity contribution in [3.63, 3.8) is 0 Å². The van der Waals surface area contributed by atoms with Crippen molar-refractivity contribution in [1.29, 1.82) is 0 Å². The summed E-state index contributed by atoms with van der Waals surface area (Å²) in [5.41, 5.74) is 1.80. The lowest BCUT2D eigenvalue weighted by Crippen LogP contribution is -2.41. The molecule has 1 aromatic heterocycles. The summed E-state index contributed by atoms with van der Waals surface area (Å²) in [4.78, 5) is 26.4. The van der Waals surface area contributed by atoms with Gasteiger partial charge in [-0.1, -0.05) is 41.7 Å². The molecule has 1 amide bonds. The number of aromatic amines is 1. The maximum Gasteiger partial charge on any atom is 0.492 e. The van der Waals surface area contributed by atoms with E-state index >= 15 is 0 Å². The van der Waals surface area contributed by atoms with Crippen molar-refractivity contribution in [2.24, 2.45) is 0 Å². The second-order valence-corrected chi connectivity index (χ2v) is 10.7. The van der Waals surface area contributed by atoms with Gasteiger partial charge in [-0.2, -0.15) is 0 Å². The van der Waals surface area contributed by atoms with Crippen molar-refractivity contribution in [2.75, 3.05) is 6.54 Å². The summed E-state index contributed by atoms with van der Waals surface area (Å²) in [6, 6.07) is 7.77. The van der Waals surface area contributed by atoms with Crippen LogP contribution < -0.4 is 10.2 Å². The molecule has 0 spiro atoms. The van der Waals surface area contributed by atoms with Crippen LogP contribution in [0.15, 0.2) is 39.9 Å². The minimum Gasteiger partial charge on any atom is -0.444 e. The molecular formula is C23H31BN2O5S. The van der Waals surface area contributed by atoms with Gasteiger partial charge in [0, 0.05) is 11.9 Å². The van der Waals surface area contributed by atoms with Gasteiger partial charge < -0.3 is 24.3 Å². The lowest BCUT2D eigenvalue weighted by atomic mass is 9.77. The molecule has 1 aliphatic heterocycles. The Bertz CT molecular complexity index is 1030. The number of H-pyrrole nitrogens is 1. The van der Waals surface area contributed by atoms with Gasteiger partial charge in [-0.15, -0.1) is 0 Å². The Morgan fingerprint density at radius 1 is 1.16 bits per heavy atom. The molecule has 9 heteroatoms. The van der Waals surface area contributed by atoms with E-state index in [9.17, 15) is 9.59 Å². The van der Waals surface area contributed by atoms with Crippen molar-refractivity contribution in [3.8, 4) is 11.3 Å². The van der Waals surface area contributed by atoms with Crippen LogP contribution >= 0.6 is 11.3 Å². The number of hydrogen-bond donors (Lipinski definition) is 2. The normalized spacial score (nSPS) is 18.0. The molecule has 0 aliphatic carbocycles. The number of amides is 1. The van der Waals surface area contributed by atoms with Gasteiger partial charge in [0.05, 0.1) is 16.9 Å². The van der Waals surface area contributed by atoms with Gasteiger partial charge in [-0.25, -0.2) is 4.79 Å². The topological polar surface area (TPSA) is 89.7 Å². The number of nitrogens with one attached hydrogen (secondary N) is 2.